The van der Waals surface area contributed by atoms with Crippen molar-refractivity contribution in [1.82, 2.24) is 10.3 Å². The van der Waals surface area contributed by atoms with Gasteiger partial charge in [-0.3, -0.25) is 14.4 Å². The zero-order chi connectivity index (χ0) is 19.2. The maximum atomic E-state index is 12.2. The predicted molar refractivity (Wildman–Crippen MR) is 102 cm³/mol. The fourth-order valence-electron chi connectivity index (χ4n) is 2.62. The Hall–Kier alpha value is -2.94. The summed E-state index contributed by atoms with van der Waals surface area (Å²) in [6, 6.07) is 6.60. The number of rotatable bonds is 7. The van der Waals surface area contributed by atoms with Gasteiger partial charge in [0.25, 0.3) is 0 Å². The van der Waals surface area contributed by atoms with Gasteiger partial charge in [-0.15, -0.1) is 11.3 Å². The predicted octanol–water partition coefficient (Wildman–Crippen LogP) is 1.94. The highest BCUT2D eigenvalue weighted by Gasteiger charge is 2.27. The molecule has 2 aromatic rings. The number of carbonyl (C=O) groups is 3. The smallest absolute Gasteiger partial charge is 0.248 e. The van der Waals surface area contributed by atoms with Crippen molar-refractivity contribution in [2.24, 2.45) is 0 Å². The monoisotopic (exact) mass is 388 g/mol. The van der Waals surface area contributed by atoms with E-state index in [0.717, 1.165) is 5.75 Å². The van der Waals surface area contributed by atoms with Crippen LogP contribution >= 0.6 is 11.3 Å². The second kappa shape index (κ2) is 8.63. The summed E-state index contributed by atoms with van der Waals surface area (Å²) in [7, 11) is 0. The molecule has 8 nitrogen and oxygen atoms in total. The quantitative estimate of drug-likeness (QED) is 0.672. The molecule has 1 aromatic heterocycles. The molecule has 1 atom stereocenters. The van der Waals surface area contributed by atoms with E-state index < -0.39 is 6.04 Å². The Morgan fingerprint density at radius 1 is 1.30 bits per heavy atom. The van der Waals surface area contributed by atoms with Crippen LogP contribution < -0.4 is 20.7 Å². The third kappa shape index (κ3) is 5.27. The Morgan fingerprint density at radius 3 is 2.74 bits per heavy atom. The van der Waals surface area contributed by atoms with Crippen LogP contribution in [-0.2, 0) is 20.8 Å². The lowest BCUT2D eigenvalue weighted by molar-refractivity contribution is -0.122. The summed E-state index contributed by atoms with van der Waals surface area (Å²) in [6.07, 6.45) is 0.931. The van der Waals surface area contributed by atoms with Gasteiger partial charge in [0.1, 0.15) is 11.8 Å². The largest absolute Gasteiger partial charge is 0.494 e. The number of amides is 3. The van der Waals surface area contributed by atoms with Gasteiger partial charge in [0.05, 0.1) is 18.7 Å². The number of anilines is 2. The molecule has 1 saturated heterocycles. The Balaban J connectivity index is 1.50. The molecule has 1 aliphatic rings. The molecule has 2 heterocycles. The fourth-order valence-corrected chi connectivity index (χ4v) is 3.33. The Labute approximate surface area is 160 Å². The molecule has 1 aromatic carbocycles. The van der Waals surface area contributed by atoms with Crippen LogP contribution in [0.5, 0.6) is 5.75 Å². The van der Waals surface area contributed by atoms with Crippen LogP contribution in [0, 0.1) is 0 Å². The molecule has 9 heteroatoms. The van der Waals surface area contributed by atoms with Crippen molar-refractivity contribution < 1.29 is 19.1 Å². The lowest BCUT2D eigenvalue weighted by Crippen LogP contribution is -2.37. The van der Waals surface area contributed by atoms with Crippen LogP contribution in [0.15, 0.2) is 29.6 Å². The van der Waals surface area contributed by atoms with Gasteiger partial charge in [-0.2, -0.15) is 0 Å². The number of aromatic nitrogens is 1. The number of benzene rings is 1. The molecule has 0 unspecified atom stereocenters. The molecule has 3 amide bonds. The summed E-state index contributed by atoms with van der Waals surface area (Å²) in [4.78, 5) is 39.7. The summed E-state index contributed by atoms with van der Waals surface area (Å²) in [5.74, 6) is 0.126. The minimum atomic E-state index is -0.521. The molecular weight excluding hydrogens is 368 g/mol. The summed E-state index contributed by atoms with van der Waals surface area (Å²) in [6.45, 7) is 2.49. The van der Waals surface area contributed by atoms with E-state index >= 15 is 0 Å². The van der Waals surface area contributed by atoms with Crippen LogP contribution in [0.2, 0.25) is 0 Å². The van der Waals surface area contributed by atoms with Crippen molar-refractivity contribution in [2.45, 2.75) is 32.2 Å². The number of hydrogen-bond acceptors (Lipinski definition) is 6. The molecule has 0 radical (unpaired) electrons. The summed E-state index contributed by atoms with van der Waals surface area (Å²) in [5.41, 5.74) is 1.23. The van der Waals surface area contributed by atoms with Crippen LogP contribution in [0.25, 0.3) is 0 Å². The molecule has 27 heavy (non-hydrogen) atoms. The number of thiazole rings is 1. The van der Waals surface area contributed by atoms with Crippen LogP contribution in [0.4, 0.5) is 10.8 Å². The van der Waals surface area contributed by atoms with Gasteiger partial charge < -0.3 is 20.7 Å². The third-order valence-electron chi connectivity index (χ3n) is 3.88. The van der Waals surface area contributed by atoms with E-state index in [0.29, 0.717) is 36.0 Å². The highest BCUT2D eigenvalue weighted by Crippen LogP contribution is 2.19. The van der Waals surface area contributed by atoms with Crippen LogP contribution in [-0.4, -0.2) is 35.4 Å². The lowest BCUT2D eigenvalue weighted by atomic mass is 10.2. The zero-order valence-electron chi connectivity index (χ0n) is 14.8. The first-order valence-electron chi connectivity index (χ1n) is 8.61. The summed E-state index contributed by atoms with van der Waals surface area (Å²) in [5, 5.41) is 10.2. The van der Waals surface area contributed by atoms with Crippen molar-refractivity contribution in [2.75, 3.05) is 17.2 Å². The average Bonchev–Trinajstić information content (AvgIpc) is 3.26. The molecule has 1 aliphatic heterocycles. The van der Waals surface area contributed by atoms with E-state index in [1.807, 2.05) is 6.92 Å². The fraction of sp³-hybridized carbons (Fsp3) is 0.333. The highest BCUT2D eigenvalue weighted by atomic mass is 32.1. The first-order chi connectivity index (χ1) is 13.0. The minimum absolute atomic E-state index is 0.0970. The van der Waals surface area contributed by atoms with Crippen molar-refractivity contribution >= 4 is 39.9 Å². The third-order valence-corrected chi connectivity index (χ3v) is 4.69. The normalized spacial score (nSPS) is 15.9. The van der Waals surface area contributed by atoms with Crippen molar-refractivity contribution in [3.05, 3.63) is 35.3 Å². The van der Waals surface area contributed by atoms with E-state index in [9.17, 15) is 14.4 Å². The molecule has 142 valence electrons. The molecule has 0 saturated carbocycles. The minimum Gasteiger partial charge on any atom is -0.494 e. The zero-order valence-corrected chi connectivity index (χ0v) is 15.6. The molecule has 0 bridgehead atoms. The maximum absolute atomic E-state index is 12.2. The molecule has 0 spiro atoms. The van der Waals surface area contributed by atoms with E-state index in [1.165, 1.54) is 11.3 Å². The van der Waals surface area contributed by atoms with E-state index in [-0.39, 0.29) is 24.1 Å². The van der Waals surface area contributed by atoms with Gasteiger partial charge in [-0.25, -0.2) is 4.98 Å². The first-order valence-corrected chi connectivity index (χ1v) is 9.49. The topological polar surface area (TPSA) is 109 Å². The van der Waals surface area contributed by atoms with E-state index in [1.54, 1.807) is 29.6 Å². The van der Waals surface area contributed by atoms with Gasteiger partial charge in [-0.1, -0.05) is 0 Å². The average molecular weight is 388 g/mol. The standard InChI is InChI=1S/C18H20N4O4S/c1-2-26-13-5-3-11(4-6-13)19-16(24)9-12-10-27-18(20-12)22-17(25)14-7-8-15(23)21-14/h3-6,10,14H,2,7-9H2,1H3,(H,19,24)(H,21,23)(H,20,22,25)/t14-/m1/s1. The highest BCUT2D eigenvalue weighted by molar-refractivity contribution is 7.13. The van der Waals surface area contributed by atoms with Gasteiger partial charge in [0.15, 0.2) is 5.13 Å². The Morgan fingerprint density at radius 2 is 2.07 bits per heavy atom. The van der Waals surface area contributed by atoms with E-state index in [4.69, 9.17) is 4.74 Å². The van der Waals surface area contributed by atoms with Gasteiger partial charge in [0, 0.05) is 17.5 Å². The second-order valence-corrected chi connectivity index (χ2v) is 6.83. The Kier molecular flexibility index (Phi) is 6.02. The molecular formula is C18H20N4O4S. The van der Waals surface area contributed by atoms with Crippen molar-refractivity contribution in [1.29, 1.82) is 0 Å². The summed E-state index contributed by atoms with van der Waals surface area (Å²) < 4.78 is 5.36. The number of ether oxygens (including phenoxy) is 1. The number of nitrogens with one attached hydrogen (secondary N) is 3. The molecule has 3 N–H and O–H groups in total. The van der Waals surface area contributed by atoms with Crippen molar-refractivity contribution in [3.8, 4) is 5.75 Å². The molecule has 3 rings (SSSR count). The van der Waals surface area contributed by atoms with E-state index in [2.05, 4.69) is 20.9 Å². The number of hydrogen-bond donors (Lipinski definition) is 3. The second-order valence-electron chi connectivity index (χ2n) is 5.97. The Bertz CT molecular complexity index is 834. The lowest BCUT2D eigenvalue weighted by Gasteiger charge is -2.08. The van der Waals surface area contributed by atoms with Gasteiger partial charge in [0.2, 0.25) is 17.7 Å². The molecule has 1 fully saturated rings. The number of carbonyl (C=O) groups excluding carboxylic acids is 3. The summed E-state index contributed by atoms with van der Waals surface area (Å²) >= 11 is 1.24. The number of nitrogens with zero attached hydrogens (tertiary/aromatic N) is 1. The first kappa shape index (κ1) is 18.8. The SMILES string of the molecule is CCOc1ccc(NC(=O)Cc2csc(NC(=O)[C@H]3CCC(=O)N3)n2)cc1. The van der Waals surface area contributed by atoms with Gasteiger partial charge in [-0.05, 0) is 37.6 Å². The maximum Gasteiger partial charge on any atom is 0.248 e. The van der Waals surface area contributed by atoms with Crippen LogP contribution in [0.1, 0.15) is 25.5 Å². The molecule has 0 aliphatic carbocycles. The van der Waals surface area contributed by atoms with Gasteiger partial charge >= 0.3 is 0 Å². The van der Waals surface area contributed by atoms with Crippen LogP contribution in [0.3, 0.4) is 0 Å². The van der Waals surface area contributed by atoms with Crippen molar-refractivity contribution in [3.63, 3.8) is 0 Å².